The van der Waals surface area contributed by atoms with Crippen LogP contribution in [-0.4, -0.2) is 24.0 Å². The van der Waals surface area contributed by atoms with Gasteiger partial charge in [0.1, 0.15) is 5.82 Å². The molecule has 1 aliphatic heterocycles. The van der Waals surface area contributed by atoms with Crippen LogP contribution in [0.15, 0.2) is 53.0 Å². The lowest BCUT2D eigenvalue weighted by Gasteiger charge is -2.17. The lowest BCUT2D eigenvalue weighted by Crippen LogP contribution is -2.28. The highest BCUT2D eigenvalue weighted by Crippen LogP contribution is 2.29. The van der Waals surface area contributed by atoms with Gasteiger partial charge in [-0.2, -0.15) is 0 Å². The molecule has 3 rings (SSSR count). The SMILES string of the molecule is N[C@@H]1CN(Cc2c(F)cccc2Br)C[C@H]1c1ccccc1. The van der Waals surface area contributed by atoms with Crippen LogP contribution in [0.2, 0.25) is 0 Å². The fraction of sp³-hybridized carbons (Fsp3) is 0.294. The number of halogens is 2. The minimum absolute atomic E-state index is 0.0953. The van der Waals surface area contributed by atoms with Crippen LogP contribution >= 0.6 is 15.9 Å². The van der Waals surface area contributed by atoms with E-state index >= 15 is 0 Å². The van der Waals surface area contributed by atoms with Gasteiger partial charge in [-0.3, -0.25) is 4.90 Å². The fourth-order valence-corrected chi connectivity index (χ4v) is 3.47. The number of hydrogen-bond acceptors (Lipinski definition) is 2. The molecule has 2 atom stereocenters. The molecule has 0 amide bonds. The summed E-state index contributed by atoms with van der Waals surface area (Å²) in [7, 11) is 0. The van der Waals surface area contributed by atoms with E-state index in [-0.39, 0.29) is 11.9 Å². The van der Waals surface area contributed by atoms with E-state index in [9.17, 15) is 4.39 Å². The third-order valence-electron chi connectivity index (χ3n) is 4.11. The number of likely N-dealkylation sites (tertiary alicyclic amines) is 1. The molecule has 0 spiro atoms. The quantitative estimate of drug-likeness (QED) is 0.919. The maximum absolute atomic E-state index is 13.9. The minimum atomic E-state index is -0.166. The lowest BCUT2D eigenvalue weighted by molar-refractivity contribution is 0.317. The van der Waals surface area contributed by atoms with Crippen LogP contribution in [0.4, 0.5) is 4.39 Å². The van der Waals surface area contributed by atoms with Gasteiger partial charge in [0.05, 0.1) is 0 Å². The summed E-state index contributed by atoms with van der Waals surface area (Å²) < 4.78 is 14.8. The van der Waals surface area contributed by atoms with Crippen molar-refractivity contribution in [3.05, 3.63) is 69.9 Å². The van der Waals surface area contributed by atoms with Crippen molar-refractivity contribution in [1.29, 1.82) is 0 Å². The highest BCUT2D eigenvalue weighted by molar-refractivity contribution is 9.10. The van der Waals surface area contributed by atoms with Crippen molar-refractivity contribution in [2.45, 2.75) is 18.5 Å². The van der Waals surface area contributed by atoms with Gasteiger partial charge in [-0.1, -0.05) is 52.3 Å². The van der Waals surface area contributed by atoms with Crippen LogP contribution in [0.25, 0.3) is 0 Å². The second-order valence-electron chi connectivity index (χ2n) is 5.58. The molecule has 1 saturated heterocycles. The summed E-state index contributed by atoms with van der Waals surface area (Å²) in [6.45, 7) is 2.25. The first-order valence-corrected chi connectivity index (χ1v) is 7.90. The van der Waals surface area contributed by atoms with Gasteiger partial charge in [0, 0.05) is 41.6 Å². The average Bonchev–Trinajstić information content (AvgIpc) is 2.85. The molecule has 0 radical (unpaired) electrons. The Kier molecular flexibility index (Phi) is 4.38. The van der Waals surface area contributed by atoms with Gasteiger partial charge < -0.3 is 5.73 Å². The zero-order chi connectivity index (χ0) is 14.8. The lowest BCUT2D eigenvalue weighted by atomic mass is 9.95. The Hall–Kier alpha value is -1.23. The van der Waals surface area contributed by atoms with Crippen LogP contribution in [0, 0.1) is 5.82 Å². The van der Waals surface area contributed by atoms with Crippen molar-refractivity contribution in [3.8, 4) is 0 Å². The summed E-state index contributed by atoms with van der Waals surface area (Å²) in [5.74, 6) is 0.151. The Morgan fingerprint density at radius 2 is 1.86 bits per heavy atom. The van der Waals surface area contributed by atoms with E-state index in [1.54, 1.807) is 6.07 Å². The zero-order valence-electron chi connectivity index (χ0n) is 11.7. The molecule has 2 nitrogen and oxygen atoms in total. The maximum Gasteiger partial charge on any atom is 0.128 e. The molecule has 1 fully saturated rings. The third-order valence-corrected chi connectivity index (χ3v) is 4.85. The van der Waals surface area contributed by atoms with E-state index < -0.39 is 0 Å². The summed E-state index contributed by atoms with van der Waals surface area (Å²) in [5, 5.41) is 0. The van der Waals surface area contributed by atoms with Crippen LogP contribution in [0.5, 0.6) is 0 Å². The molecule has 1 aliphatic rings. The summed E-state index contributed by atoms with van der Waals surface area (Å²) in [4.78, 5) is 2.23. The van der Waals surface area contributed by atoms with E-state index in [1.165, 1.54) is 11.6 Å². The number of hydrogen-bond donors (Lipinski definition) is 1. The van der Waals surface area contributed by atoms with Gasteiger partial charge in [0.25, 0.3) is 0 Å². The normalized spacial score (nSPS) is 22.6. The number of nitrogens with zero attached hydrogens (tertiary/aromatic N) is 1. The molecule has 2 aromatic carbocycles. The molecule has 0 saturated carbocycles. The van der Waals surface area contributed by atoms with E-state index in [2.05, 4.69) is 33.0 Å². The largest absolute Gasteiger partial charge is 0.326 e. The first-order valence-electron chi connectivity index (χ1n) is 7.11. The molecular formula is C17H18BrFN2. The minimum Gasteiger partial charge on any atom is -0.326 e. The Balaban J connectivity index is 1.75. The van der Waals surface area contributed by atoms with Crippen molar-refractivity contribution in [2.24, 2.45) is 5.73 Å². The topological polar surface area (TPSA) is 29.3 Å². The summed E-state index contributed by atoms with van der Waals surface area (Å²) in [5.41, 5.74) is 8.25. The second-order valence-corrected chi connectivity index (χ2v) is 6.43. The van der Waals surface area contributed by atoms with Crippen molar-refractivity contribution in [3.63, 3.8) is 0 Å². The summed E-state index contributed by atoms with van der Waals surface area (Å²) in [6, 6.07) is 15.5. The third kappa shape index (κ3) is 3.18. The van der Waals surface area contributed by atoms with Gasteiger partial charge in [-0.05, 0) is 17.7 Å². The fourth-order valence-electron chi connectivity index (χ4n) is 3.00. The van der Waals surface area contributed by atoms with Crippen molar-refractivity contribution in [2.75, 3.05) is 13.1 Å². The molecule has 0 bridgehead atoms. The van der Waals surface area contributed by atoms with E-state index in [4.69, 9.17) is 5.73 Å². The molecular weight excluding hydrogens is 331 g/mol. The summed E-state index contributed by atoms with van der Waals surface area (Å²) in [6.07, 6.45) is 0. The Bertz CT molecular complexity index is 597. The number of rotatable bonds is 3. The van der Waals surface area contributed by atoms with Crippen LogP contribution in [0.1, 0.15) is 17.0 Å². The molecule has 1 heterocycles. The van der Waals surface area contributed by atoms with Gasteiger partial charge in [0.15, 0.2) is 0 Å². The first kappa shape index (κ1) is 14.7. The van der Waals surface area contributed by atoms with Gasteiger partial charge in [0.2, 0.25) is 0 Å². The van der Waals surface area contributed by atoms with E-state index in [0.29, 0.717) is 18.0 Å². The highest BCUT2D eigenvalue weighted by Gasteiger charge is 2.31. The van der Waals surface area contributed by atoms with E-state index in [0.717, 1.165) is 17.6 Å². The molecule has 0 unspecified atom stereocenters. The van der Waals surface area contributed by atoms with Crippen molar-refractivity contribution < 1.29 is 4.39 Å². The second kappa shape index (κ2) is 6.26. The maximum atomic E-state index is 13.9. The summed E-state index contributed by atoms with van der Waals surface area (Å²) >= 11 is 3.43. The molecule has 4 heteroatoms. The predicted octanol–water partition coefficient (Wildman–Crippen LogP) is 3.51. The Morgan fingerprint density at radius 1 is 1.10 bits per heavy atom. The number of nitrogens with two attached hydrogens (primary N) is 1. The van der Waals surface area contributed by atoms with Crippen LogP contribution in [0.3, 0.4) is 0 Å². The average molecular weight is 349 g/mol. The molecule has 21 heavy (non-hydrogen) atoms. The molecule has 110 valence electrons. The molecule has 0 aliphatic carbocycles. The number of benzene rings is 2. The molecule has 2 aromatic rings. The van der Waals surface area contributed by atoms with Crippen LogP contribution in [-0.2, 0) is 6.54 Å². The van der Waals surface area contributed by atoms with Gasteiger partial charge in [-0.25, -0.2) is 4.39 Å². The first-order chi connectivity index (χ1) is 10.1. The smallest absolute Gasteiger partial charge is 0.128 e. The van der Waals surface area contributed by atoms with Crippen molar-refractivity contribution in [1.82, 2.24) is 4.90 Å². The Labute approximate surface area is 132 Å². The molecule has 2 N–H and O–H groups in total. The Morgan fingerprint density at radius 3 is 2.57 bits per heavy atom. The zero-order valence-corrected chi connectivity index (χ0v) is 13.3. The van der Waals surface area contributed by atoms with Crippen LogP contribution < -0.4 is 5.73 Å². The standard InChI is InChI=1S/C17H18BrFN2/c18-15-7-4-8-16(19)14(15)10-21-9-13(17(20)11-21)12-5-2-1-3-6-12/h1-8,13,17H,9-11,20H2/t13-,17+/m0/s1. The predicted molar refractivity (Wildman–Crippen MR) is 86.5 cm³/mol. The van der Waals surface area contributed by atoms with E-state index in [1.807, 2.05) is 24.3 Å². The molecule has 0 aromatic heterocycles. The highest BCUT2D eigenvalue weighted by atomic mass is 79.9. The van der Waals surface area contributed by atoms with Crippen molar-refractivity contribution >= 4 is 15.9 Å². The van der Waals surface area contributed by atoms with Gasteiger partial charge >= 0.3 is 0 Å². The van der Waals surface area contributed by atoms with Gasteiger partial charge in [-0.15, -0.1) is 0 Å². The monoisotopic (exact) mass is 348 g/mol.